The van der Waals surface area contributed by atoms with E-state index in [9.17, 15) is 14.3 Å². The average molecular weight is 421 g/mol. The van der Waals surface area contributed by atoms with Crippen LogP contribution in [-0.2, 0) is 0 Å². The number of anilines is 2. The number of β-amino-alcohol motifs (C(OH)–C–C–N with tert-alkyl or cyclic N) is 1. The number of carbonyl (C=O) groups excluding carboxylic acids is 1. The molecular formula is C23H37FN4O2. The van der Waals surface area contributed by atoms with E-state index in [0.29, 0.717) is 24.0 Å². The Hall–Kier alpha value is -1.86. The minimum atomic E-state index is -0.302. The standard InChI is InChI=1S/C23H37FN4O2/c1-3-20(29)16-28-13-11-17(12-14-28)25-23(30)26-18-9-10-22(21(24)15-18)27(2)19-7-5-4-6-8-19/h9-10,15,17,19-20,29H,3-8,11-14,16H2,1-2H3,(H2,25,26,30)/t20-/m0/s1. The molecule has 30 heavy (non-hydrogen) atoms. The minimum absolute atomic E-state index is 0.0987. The number of likely N-dealkylation sites (tertiary alicyclic amines) is 1. The van der Waals surface area contributed by atoms with Crippen LogP contribution in [-0.4, -0.2) is 60.9 Å². The van der Waals surface area contributed by atoms with Crippen LogP contribution in [0.2, 0.25) is 0 Å². The van der Waals surface area contributed by atoms with E-state index in [4.69, 9.17) is 0 Å². The zero-order chi connectivity index (χ0) is 21.5. The van der Waals surface area contributed by atoms with E-state index < -0.39 is 0 Å². The van der Waals surface area contributed by atoms with Crippen molar-refractivity contribution in [3.8, 4) is 0 Å². The number of benzene rings is 1. The molecule has 168 valence electrons. The summed E-state index contributed by atoms with van der Waals surface area (Å²) < 4.78 is 14.7. The fraction of sp³-hybridized carbons (Fsp3) is 0.696. The molecule has 1 aromatic rings. The van der Waals surface area contributed by atoms with E-state index >= 15 is 0 Å². The average Bonchev–Trinajstić information content (AvgIpc) is 2.75. The van der Waals surface area contributed by atoms with Gasteiger partial charge in [0.1, 0.15) is 5.82 Å². The molecule has 7 heteroatoms. The molecule has 0 spiro atoms. The van der Waals surface area contributed by atoms with Gasteiger partial charge in [-0.1, -0.05) is 26.2 Å². The van der Waals surface area contributed by atoms with Gasteiger partial charge in [-0.25, -0.2) is 9.18 Å². The quantitative estimate of drug-likeness (QED) is 0.625. The van der Waals surface area contributed by atoms with Gasteiger partial charge in [0, 0.05) is 44.5 Å². The summed E-state index contributed by atoms with van der Waals surface area (Å²) in [6, 6.07) is 5.13. The number of urea groups is 1. The number of aliphatic hydroxyl groups excluding tert-OH is 1. The van der Waals surface area contributed by atoms with Crippen LogP contribution in [0.25, 0.3) is 0 Å². The summed E-state index contributed by atoms with van der Waals surface area (Å²) in [6.45, 7) is 4.39. The number of piperidine rings is 1. The maximum atomic E-state index is 14.7. The van der Waals surface area contributed by atoms with Crippen molar-refractivity contribution >= 4 is 17.4 Å². The molecule has 2 fully saturated rings. The van der Waals surface area contributed by atoms with Crippen molar-refractivity contribution in [3.05, 3.63) is 24.0 Å². The Morgan fingerprint density at radius 3 is 2.57 bits per heavy atom. The SMILES string of the molecule is CC[C@H](O)CN1CCC(NC(=O)Nc2ccc(N(C)C3CCCCC3)c(F)c2)CC1. The van der Waals surface area contributed by atoms with Crippen LogP contribution >= 0.6 is 0 Å². The van der Waals surface area contributed by atoms with Crippen LogP contribution < -0.4 is 15.5 Å². The molecule has 1 atom stereocenters. The van der Waals surface area contributed by atoms with Crippen LogP contribution in [0, 0.1) is 5.82 Å². The molecule has 2 amide bonds. The maximum absolute atomic E-state index is 14.7. The zero-order valence-electron chi connectivity index (χ0n) is 18.4. The summed E-state index contributed by atoms with van der Waals surface area (Å²) >= 11 is 0. The van der Waals surface area contributed by atoms with Gasteiger partial charge in [-0.05, 0) is 50.3 Å². The third kappa shape index (κ3) is 6.32. The molecule has 1 aliphatic carbocycles. The van der Waals surface area contributed by atoms with E-state index in [1.807, 2.05) is 18.9 Å². The van der Waals surface area contributed by atoms with Crippen molar-refractivity contribution in [1.29, 1.82) is 0 Å². The molecule has 1 saturated carbocycles. The highest BCUT2D eigenvalue weighted by atomic mass is 19.1. The predicted molar refractivity (Wildman–Crippen MR) is 120 cm³/mol. The molecule has 1 heterocycles. The van der Waals surface area contributed by atoms with Crippen LogP contribution in [0.15, 0.2) is 18.2 Å². The molecule has 0 unspecified atom stereocenters. The molecule has 6 nitrogen and oxygen atoms in total. The molecule has 2 aliphatic rings. The number of aliphatic hydroxyl groups is 1. The maximum Gasteiger partial charge on any atom is 0.319 e. The first-order valence-corrected chi connectivity index (χ1v) is 11.5. The first-order valence-electron chi connectivity index (χ1n) is 11.5. The Morgan fingerprint density at radius 2 is 1.93 bits per heavy atom. The Bertz CT molecular complexity index is 688. The lowest BCUT2D eigenvalue weighted by molar-refractivity contribution is 0.0925. The molecule has 3 N–H and O–H groups in total. The Balaban J connectivity index is 1.47. The Labute approximate surface area is 179 Å². The summed E-state index contributed by atoms with van der Waals surface area (Å²) in [7, 11) is 1.96. The van der Waals surface area contributed by atoms with E-state index in [1.165, 1.54) is 25.3 Å². The molecule has 0 aromatic heterocycles. The number of nitrogens with one attached hydrogen (secondary N) is 2. The lowest BCUT2D eigenvalue weighted by Crippen LogP contribution is -2.47. The van der Waals surface area contributed by atoms with Crippen molar-refractivity contribution < 1.29 is 14.3 Å². The molecule has 1 saturated heterocycles. The largest absolute Gasteiger partial charge is 0.392 e. The van der Waals surface area contributed by atoms with Gasteiger partial charge in [0.15, 0.2) is 0 Å². The Kier molecular flexibility index (Phi) is 8.33. The monoisotopic (exact) mass is 420 g/mol. The van der Waals surface area contributed by atoms with E-state index in [0.717, 1.165) is 45.2 Å². The third-order valence-electron chi connectivity index (χ3n) is 6.57. The number of rotatable bonds is 7. The van der Waals surface area contributed by atoms with Crippen molar-refractivity contribution in [3.63, 3.8) is 0 Å². The number of hydrogen-bond acceptors (Lipinski definition) is 4. The van der Waals surface area contributed by atoms with Crippen LogP contribution in [0.4, 0.5) is 20.6 Å². The predicted octanol–water partition coefficient (Wildman–Crippen LogP) is 3.95. The van der Waals surface area contributed by atoms with Gasteiger partial charge in [-0.15, -0.1) is 0 Å². The molecule has 1 aliphatic heterocycles. The summed E-state index contributed by atoms with van der Waals surface area (Å²) in [5, 5.41) is 15.5. The number of halogens is 1. The number of amides is 2. The topological polar surface area (TPSA) is 67.8 Å². The summed E-state index contributed by atoms with van der Waals surface area (Å²) in [6.07, 6.45) is 8.06. The molecule has 1 aromatic carbocycles. The van der Waals surface area contributed by atoms with E-state index in [2.05, 4.69) is 15.5 Å². The van der Waals surface area contributed by atoms with Crippen LogP contribution in [0.3, 0.4) is 0 Å². The smallest absolute Gasteiger partial charge is 0.319 e. The number of carbonyl (C=O) groups is 1. The lowest BCUT2D eigenvalue weighted by atomic mass is 9.94. The second kappa shape index (κ2) is 11.0. The fourth-order valence-electron chi connectivity index (χ4n) is 4.58. The second-order valence-electron chi connectivity index (χ2n) is 8.80. The van der Waals surface area contributed by atoms with Gasteiger partial charge in [0.2, 0.25) is 0 Å². The van der Waals surface area contributed by atoms with Gasteiger partial charge in [-0.3, -0.25) is 0 Å². The zero-order valence-corrected chi connectivity index (χ0v) is 18.4. The first kappa shape index (κ1) is 22.8. The number of hydrogen-bond donors (Lipinski definition) is 3. The van der Waals surface area contributed by atoms with E-state index in [-0.39, 0.29) is 24.0 Å². The summed E-state index contributed by atoms with van der Waals surface area (Å²) in [4.78, 5) is 16.6. The molecule has 0 radical (unpaired) electrons. The normalized spacial score (nSPS) is 20.0. The molecule has 3 rings (SSSR count). The highest BCUT2D eigenvalue weighted by Crippen LogP contribution is 2.29. The highest BCUT2D eigenvalue weighted by Gasteiger charge is 2.23. The van der Waals surface area contributed by atoms with Crippen molar-refractivity contribution in [2.24, 2.45) is 0 Å². The summed E-state index contributed by atoms with van der Waals surface area (Å²) in [5.41, 5.74) is 1.06. The number of nitrogens with zero attached hydrogens (tertiary/aromatic N) is 2. The fourth-order valence-corrected chi connectivity index (χ4v) is 4.58. The Morgan fingerprint density at radius 1 is 1.23 bits per heavy atom. The van der Waals surface area contributed by atoms with Gasteiger partial charge >= 0.3 is 6.03 Å². The van der Waals surface area contributed by atoms with E-state index in [1.54, 1.807) is 12.1 Å². The first-order chi connectivity index (χ1) is 14.5. The van der Waals surface area contributed by atoms with Gasteiger partial charge in [0.05, 0.1) is 11.8 Å². The van der Waals surface area contributed by atoms with Crippen LogP contribution in [0.1, 0.15) is 58.3 Å². The van der Waals surface area contributed by atoms with Gasteiger partial charge < -0.3 is 25.5 Å². The van der Waals surface area contributed by atoms with Gasteiger partial charge in [0.25, 0.3) is 0 Å². The third-order valence-corrected chi connectivity index (χ3v) is 6.57. The van der Waals surface area contributed by atoms with Crippen molar-refractivity contribution in [1.82, 2.24) is 10.2 Å². The highest BCUT2D eigenvalue weighted by molar-refractivity contribution is 5.89. The van der Waals surface area contributed by atoms with Crippen molar-refractivity contribution in [2.45, 2.75) is 76.5 Å². The minimum Gasteiger partial charge on any atom is -0.392 e. The molecule has 0 bridgehead atoms. The van der Waals surface area contributed by atoms with Gasteiger partial charge in [-0.2, -0.15) is 0 Å². The summed E-state index contributed by atoms with van der Waals surface area (Å²) in [5.74, 6) is -0.302. The second-order valence-corrected chi connectivity index (χ2v) is 8.80. The molecular weight excluding hydrogens is 383 g/mol. The lowest BCUT2D eigenvalue weighted by Gasteiger charge is -2.33. The van der Waals surface area contributed by atoms with Crippen LogP contribution in [0.5, 0.6) is 0 Å². The van der Waals surface area contributed by atoms with Crippen molar-refractivity contribution in [2.75, 3.05) is 36.9 Å².